The molecule has 0 aliphatic heterocycles. The second kappa shape index (κ2) is 3.47. The van der Waals surface area contributed by atoms with Crippen LogP contribution in [0.1, 0.15) is 25.7 Å². The lowest BCUT2D eigenvalue weighted by atomic mass is 9.97. The standard InChI is InChI=1S/C7H14OS/c1-9-7-5-3-2-4-6(7)8/h6-8H,2-5H2,1H3. The van der Waals surface area contributed by atoms with Crippen LogP contribution in [0.2, 0.25) is 0 Å². The van der Waals surface area contributed by atoms with Crippen molar-refractivity contribution >= 4 is 11.8 Å². The van der Waals surface area contributed by atoms with Gasteiger partial charge in [-0.25, -0.2) is 0 Å². The largest absolute Gasteiger partial charge is 0.392 e. The Labute approximate surface area is 60.8 Å². The molecule has 2 unspecified atom stereocenters. The summed E-state index contributed by atoms with van der Waals surface area (Å²) >= 11 is 1.80. The Morgan fingerprint density at radius 3 is 2.44 bits per heavy atom. The number of aliphatic hydroxyl groups is 1. The van der Waals surface area contributed by atoms with E-state index in [0.717, 1.165) is 6.42 Å². The molecule has 0 radical (unpaired) electrons. The van der Waals surface area contributed by atoms with Crippen molar-refractivity contribution in [3.05, 3.63) is 0 Å². The van der Waals surface area contributed by atoms with Crippen LogP contribution < -0.4 is 0 Å². The average Bonchev–Trinajstić information content (AvgIpc) is 1.89. The summed E-state index contributed by atoms with van der Waals surface area (Å²) in [6.07, 6.45) is 6.82. The van der Waals surface area contributed by atoms with Gasteiger partial charge in [0.15, 0.2) is 0 Å². The minimum absolute atomic E-state index is 0.0197. The zero-order chi connectivity index (χ0) is 6.69. The van der Waals surface area contributed by atoms with Crippen molar-refractivity contribution < 1.29 is 5.11 Å². The highest BCUT2D eigenvalue weighted by molar-refractivity contribution is 7.99. The van der Waals surface area contributed by atoms with Gasteiger partial charge in [0.05, 0.1) is 6.10 Å². The summed E-state index contributed by atoms with van der Waals surface area (Å²) in [5.74, 6) is 0. The zero-order valence-electron chi connectivity index (χ0n) is 5.84. The van der Waals surface area contributed by atoms with Crippen molar-refractivity contribution in [3.63, 3.8) is 0 Å². The average molecular weight is 146 g/mol. The molecule has 0 bridgehead atoms. The van der Waals surface area contributed by atoms with Crippen LogP contribution in [-0.2, 0) is 0 Å². The third-order valence-electron chi connectivity index (χ3n) is 1.97. The minimum atomic E-state index is -0.0197. The lowest BCUT2D eigenvalue weighted by Gasteiger charge is -2.25. The first-order valence-electron chi connectivity index (χ1n) is 3.55. The Morgan fingerprint density at radius 2 is 2.00 bits per heavy atom. The van der Waals surface area contributed by atoms with E-state index in [-0.39, 0.29) is 6.10 Å². The molecule has 54 valence electrons. The monoisotopic (exact) mass is 146 g/mol. The third kappa shape index (κ3) is 1.87. The molecule has 0 aromatic heterocycles. The van der Waals surface area contributed by atoms with E-state index in [2.05, 4.69) is 6.26 Å². The van der Waals surface area contributed by atoms with Gasteiger partial charge in [-0.05, 0) is 19.1 Å². The van der Waals surface area contributed by atoms with E-state index in [9.17, 15) is 5.11 Å². The molecule has 0 aromatic rings. The first-order valence-corrected chi connectivity index (χ1v) is 4.84. The summed E-state index contributed by atoms with van der Waals surface area (Å²) in [6, 6.07) is 0. The molecule has 0 amide bonds. The third-order valence-corrected chi connectivity index (χ3v) is 3.13. The van der Waals surface area contributed by atoms with Crippen LogP contribution in [0.4, 0.5) is 0 Å². The SMILES string of the molecule is CSC1CCCCC1O. The highest BCUT2D eigenvalue weighted by atomic mass is 32.2. The molecule has 0 aromatic carbocycles. The number of hydrogen-bond acceptors (Lipinski definition) is 2. The number of hydrogen-bond donors (Lipinski definition) is 1. The van der Waals surface area contributed by atoms with Gasteiger partial charge in [-0.1, -0.05) is 12.8 Å². The molecule has 0 saturated heterocycles. The number of rotatable bonds is 1. The van der Waals surface area contributed by atoms with E-state index < -0.39 is 0 Å². The van der Waals surface area contributed by atoms with Crippen molar-refractivity contribution in [2.75, 3.05) is 6.26 Å². The molecule has 1 rings (SSSR count). The fourth-order valence-corrected chi connectivity index (χ4v) is 2.20. The van der Waals surface area contributed by atoms with E-state index in [1.807, 2.05) is 0 Å². The first kappa shape index (κ1) is 7.42. The lowest BCUT2D eigenvalue weighted by Crippen LogP contribution is -2.26. The maximum atomic E-state index is 9.35. The summed E-state index contributed by atoms with van der Waals surface area (Å²) < 4.78 is 0. The van der Waals surface area contributed by atoms with Crippen molar-refractivity contribution in [1.82, 2.24) is 0 Å². The summed E-state index contributed by atoms with van der Waals surface area (Å²) in [5.41, 5.74) is 0. The van der Waals surface area contributed by atoms with E-state index in [1.165, 1.54) is 19.3 Å². The quantitative estimate of drug-likeness (QED) is 0.607. The summed E-state index contributed by atoms with van der Waals surface area (Å²) in [5, 5.41) is 9.87. The fraction of sp³-hybridized carbons (Fsp3) is 1.00. The van der Waals surface area contributed by atoms with E-state index in [0.29, 0.717) is 5.25 Å². The summed E-state index contributed by atoms with van der Waals surface area (Å²) in [6.45, 7) is 0. The van der Waals surface area contributed by atoms with Crippen LogP contribution in [0.3, 0.4) is 0 Å². The second-order valence-corrected chi connectivity index (χ2v) is 3.70. The van der Waals surface area contributed by atoms with Crippen LogP contribution in [-0.4, -0.2) is 22.7 Å². The van der Waals surface area contributed by atoms with Gasteiger partial charge in [0, 0.05) is 5.25 Å². The van der Waals surface area contributed by atoms with E-state index in [1.54, 1.807) is 11.8 Å². The van der Waals surface area contributed by atoms with Gasteiger partial charge in [0.2, 0.25) is 0 Å². The normalized spacial score (nSPS) is 36.7. The zero-order valence-corrected chi connectivity index (χ0v) is 6.66. The topological polar surface area (TPSA) is 20.2 Å². The molecule has 9 heavy (non-hydrogen) atoms. The van der Waals surface area contributed by atoms with Gasteiger partial charge in [0.1, 0.15) is 0 Å². The number of aliphatic hydroxyl groups excluding tert-OH is 1. The van der Waals surface area contributed by atoms with Gasteiger partial charge in [0.25, 0.3) is 0 Å². The van der Waals surface area contributed by atoms with Crippen molar-refractivity contribution in [2.45, 2.75) is 37.0 Å². The summed E-state index contributed by atoms with van der Waals surface area (Å²) in [4.78, 5) is 0. The Balaban J connectivity index is 2.30. The van der Waals surface area contributed by atoms with Gasteiger partial charge < -0.3 is 5.11 Å². The molecule has 1 aliphatic rings. The molecular formula is C7H14OS. The molecular weight excluding hydrogens is 132 g/mol. The Morgan fingerprint density at radius 1 is 1.33 bits per heavy atom. The minimum Gasteiger partial charge on any atom is -0.392 e. The molecule has 1 aliphatic carbocycles. The maximum Gasteiger partial charge on any atom is 0.0658 e. The first-order chi connectivity index (χ1) is 4.34. The Bertz CT molecular complexity index is 85.0. The van der Waals surface area contributed by atoms with Gasteiger partial charge >= 0.3 is 0 Å². The van der Waals surface area contributed by atoms with Crippen LogP contribution in [0, 0.1) is 0 Å². The molecule has 2 atom stereocenters. The summed E-state index contributed by atoms with van der Waals surface area (Å²) in [7, 11) is 0. The fourth-order valence-electron chi connectivity index (χ4n) is 1.35. The Kier molecular flexibility index (Phi) is 2.86. The highest BCUT2D eigenvalue weighted by Crippen LogP contribution is 2.26. The molecule has 2 heteroatoms. The predicted octanol–water partition coefficient (Wildman–Crippen LogP) is 1.65. The van der Waals surface area contributed by atoms with Crippen molar-refractivity contribution in [3.8, 4) is 0 Å². The molecule has 1 nitrogen and oxygen atoms in total. The molecule has 1 saturated carbocycles. The second-order valence-electron chi connectivity index (χ2n) is 2.63. The number of thioether (sulfide) groups is 1. The van der Waals surface area contributed by atoms with E-state index in [4.69, 9.17) is 0 Å². The van der Waals surface area contributed by atoms with Crippen molar-refractivity contribution in [2.24, 2.45) is 0 Å². The van der Waals surface area contributed by atoms with Crippen LogP contribution in [0.5, 0.6) is 0 Å². The highest BCUT2D eigenvalue weighted by Gasteiger charge is 2.21. The Hall–Kier alpha value is 0.310. The van der Waals surface area contributed by atoms with Gasteiger partial charge in [-0.3, -0.25) is 0 Å². The van der Waals surface area contributed by atoms with Gasteiger partial charge in [-0.2, -0.15) is 11.8 Å². The van der Waals surface area contributed by atoms with E-state index >= 15 is 0 Å². The van der Waals surface area contributed by atoms with Crippen LogP contribution in [0.25, 0.3) is 0 Å². The molecule has 1 fully saturated rings. The van der Waals surface area contributed by atoms with Gasteiger partial charge in [-0.15, -0.1) is 0 Å². The molecule has 1 N–H and O–H groups in total. The lowest BCUT2D eigenvalue weighted by molar-refractivity contribution is 0.137. The molecule has 0 spiro atoms. The molecule has 0 heterocycles. The smallest absolute Gasteiger partial charge is 0.0658 e. The van der Waals surface area contributed by atoms with Crippen molar-refractivity contribution in [1.29, 1.82) is 0 Å². The predicted molar refractivity (Wildman–Crippen MR) is 41.8 cm³/mol. The van der Waals surface area contributed by atoms with Crippen LogP contribution >= 0.6 is 11.8 Å². The maximum absolute atomic E-state index is 9.35. The van der Waals surface area contributed by atoms with Crippen LogP contribution in [0.15, 0.2) is 0 Å².